The lowest BCUT2D eigenvalue weighted by molar-refractivity contribution is -0.0479. The SMILES string of the molecule is ClCC1(c2ccccc2)COC1. The summed E-state index contributed by atoms with van der Waals surface area (Å²) in [5.74, 6) is 0.650. The fraction of sp³-hybridized carbons (Fsp3) is 0.400. The maximum absolute atomic E-state index is 5.91. The predicted molar refractivity (Wildman–Crippen MR) is 49.7 cm³/mol. The van der Waals surface area contributed by atoms with Gasteiger partial charge in [-0.25, -0.2) is 0 Å². The third-order valence-electron chi connectivity index (χ3n) is 2.40. The van der Waals surface area contributed by atoms with Crippen LogP contribution >= 0.6 is 11.6 Å². The zero-order valence-corrected chi connectivity index (χ0v) is 7.55. The molecule has 1 aliphatic heterocycles. The number of rotatable bonds is 2. The number of ether oxygens (including phenoxy) is 1. The molecule has 2 heteroatoms. The second kappa shape index (κ2) is 3.08. The summed E-state index contributed by atoms with van der Waals surface area (Å²) in [4.78, 5) is 0. The van der Waals surface area contributed by atoms with E-state index >= 15 is 0 Å². The highest BCUT2D eigenvalue weighted by atomic mass is 35.5. The van der Waals surface area contributed by atoms with E-state index in [2.05, 4.69) is 12.1 Å². The summed E-state index contributed by atoms with van der Waals surface area (Å²) in [6.45, 7) is 1.53. The lowest BCUT2D eigenvalue weighted by atomic mass is 9.81. The average molecular weight is 183 g/mol. The standard InChI is InChI=1S/C10H11ClO/c11-6-10(7-12-8-10)9-4-2-1-3-5-9/h1-5H,6-8H2. The van der Waals surface area contributed by atoms with Crippen LogP contribution in [0.1, 0.15) is 5.56 Å². The van der Waals surface area contributed by atoms with Crippen LogP contribution in [0.2, 0.25) is 0 Å². The van der Waals surface area contributed by atoms with Crippen LogP contribution in [0, 0.1) is 0 Å². The van der Waals surface area contributed by atoms with E-state index in [1.54, 1.807) is 0 Å². The van der Waals surface area contributed by atoms with Crippen molar-refractivity contribution in [1.82, 2.24) is 0 Å². The Balaban J connectivity index is 2.28. The van der Waals surface area contributed by atoms with Gasteiger partial charge in [0.15, 0.2) is 0 Å². The van der Waals surface area contributed by atoms with Gasteiger partial charge in [0.05, 0.1) is 18.6 Å². The molecule has 0 aromatic heterocycles. The van der Waals surface area contributed by atoms with Gasteiger partial charge in [0, 0.05) is 5.88 Å². The zero-order valence-electron chi connectivity index (χ0n) is 6.79. The number of hydrogen-bond acceptors (Lipinski definition) is 1. The lowest BCUT2D eigenvalue weighted by Gasteiger charge is -2.40. The van der Waals surface area contributed by atoms with Crippen LogP contribution in [0.4, 0.5) is 0 Å². The summed E-state index contributed by atoms with van der Waals surface area (Å²) in [6, 6.07) is 10.3. The minimum absolute atomic E-state index is 0.100. The average Bonchev–Trinajstić information content (AvgIpc) is 2.05. The van der Waals surface area contributed by atoms with E-state index in [1.165, 1.54) is 5.56 Å². The summed E-state index contributed by atoms with van der Waals surface area (Å²) in [5, 5.41) is 0. The molecule has 0 aliphatic carbocycles. The van der Waals surface area contributed by atoms with Gasteiger partial charge in [-0.15, -0.1) is 11.6 Å². The number of benzene rings is 1. The minimum Gasteiger partial charge on any atom is -0.379 e. The highest BCUT2D eigenvalue weighted by Crippen LogP contribution is 2.33. The smallest absolute Gasteiger partial charge is 0.0597 e. The highest BCUT2D eigenvalue weighted by Gasteiger charge is 2.39. The van der Waals surface area contributed by atoms with Crippen LogP contribution in [0.15, 0.2) is 30.3 Å². The van der Waals surface area contributed by atoms with Crippen molar-refractivity contribution in [2.75, 3.05) is 19.1 Å². The molecule has 1 nitrogen and oxygen atoms in total. The van der Waals surface area contributed by atoms with Gasteiger partial charge in [0.2, 0.25) is 0 Å². The van der Waals surface area contributed by atoms with E-state index in [0.717, 1.165) is 13.2 Å². The molecule has 0 saturated carbocycles. The fourth-order valence-electron chi connectivity index (χ4n) is 1.46. The van der Waals surface area contributed by atoms with Crippen LogP contribution in [0.3, 0.4) is 0 Å². The van der Waals surface area contributed by atoms with Gasteiger partial charge >= 0.3 is 0 Å². The van der Waals surface area contributed by atoms with E-state index in [-0.39, 0.29) is 5.41 Å². The Hall–Kier alpha value is -0.530. The van der Waals surface area contributed by atoms with Crippen molar-refractivity contribution in [2.45, 2.75) is 5.41 Å². The first kappa shape index (κ1) is 8.09. The van der Waals surface area contributed by atoms with Gasteiger partial charge < -0.3 is 4.74 Å². The van der Waals surface area contributed by atoms with E-state index < -0.39 is 0 Å². The molecule has 0 amide bonds. The quantitative estimate of drug-likeness (QED) is 0.638. The molecule has 0 bridgehead atoms. The molecule has 0 radical (unpaired) electrons. The van der Waals surface area contributed by atoms with Crippen LogP contribution in [0.25, 0.3) is 0 Å². The Morgan fingerprint density at radius 2 is 1.92 bits per heavy atom. The lowest BCUT2D eigenvalue weighted by Crippen LogP contribution is -2.48. The first-order valence-electron chi connectivity index (χ1n) is 4.07. The number of halogens is 1. The summed E-state index contributed by atoms with van der Waals surface area (Å²) < 4.78 is 5.20. The van der Waals surface area contributed by atoms with Crippen molar-refractivity contribution in [3.63, 3.8) is 0 Å². The Bertz CT molecular complexity index is 248. The molecule has 0 spiro atoms. The molecule has 1 heterocycles. The molecule has 2 rings (SSSR count). The molecule has 0 atom stereocenters. The monoisotopic (exact) mass is 182 g/mol. The van der Waals surface area contributed by atoms with Crippen molar-refractivity contribution in [2.24, 2.45) is 0 Å². The molecule has 64 valence electrons. The van der Waals surface area contributed by atoms with Crippen molar-refractivity contribution in [1.29, 1.82) is 0 Å². The van der Waals surface area contributed by atoms with Crippen molar-refractivity contribution >= 4 is 11.6 Å². The van der Waals surface area contributed by atoms with Gasteiger partial charge in [-0.3, -0.25) is 0 Å². The topological polar surface area (TPSA) is 9.23 Å². The third-order valence-corrected chi connectivity index (χ3v) is 2.91. The van der Waals surface area contributed by atoms with Crippen LogP contribution in [-0.2, 0) is 10.2 Å². The van der Waals surface area contributed by atoms with Crippen LogP contribution in [-0.4, -0.2) is 19.1 Å². The van der Waals surface area contributed by atoms with Gasteiger partial charge in [-0.1, -0.05) is 30.3 Å². The first-order chi connectivity index (χ1) is 5.87. The van der Waals surface area contributed by atoms with Crippen LogP contribution < -0.4 is 0 Å². The van der Waals surface area contributed by atoms with Crippen molar-refractivity contribution in [3.05, 3.63) is 35.9 Å². The molecule has 0 N–H and O–H groups in total. The van der Waals surface area contributed by atoms with Gasteiger partial charge in [0.25, 0.3) is 0 Å². The summed E-state index contributed by atoms with van der Waals surface area (Å²) in [5.41, 5.74) is 1.40. The molecule has 0 unspecified atom stereocenters. The Labute approximate surface area is 77.3 Å². The normalized spacial score (nSPS) is 20.1. The van der Waals surface area contributed by atoms with Crippen molar-refractivity contribution < 1.29 is 4.74 Å². The van der Waals surface area contributed by atoms with E-state index in [0.29, 0.717) is 5.88 Å². The van der Waals surface area contributed by atoms with Crippen molar-refractivity contribution in [3.8, 4) is 0 Å². The molecule has 1 aromatic rings. The Kier molecular flexibility index (Phi) is 2.07. The Morgan fingerprint density at radius 3 is 2.33 bits per heavy atom. The summed E-state index contributed by atoms with van der Waals surface area (Å²) in [6.07, 6.45) is 0. The molecular weight excluding hydrogens is 172 g/mol. The van der Waals surface area contributed by atoms with Gasteiger partial charge in [-0.05, 0) is 5.56 Å². The second-order valence-corrected chi connectivity index (χ2v) is 3.54. The van der Waals surface area contributed by atoms with Crippen LogP contribution in [0.5, 0.6) is 0 Å². The minimum atomic E-state index is 0.100. The number of alkyl halides is 1. The molecular formula is C10H11ClO. The van der Waals surface area contributed by atoms with Gasteiger partial charge in [0.1, 0.15) is 0 Å². The summed E-state index contributed by atoms with van der Waals surface area (Å²) in [7, 11) is 0. The molecule has 12 heavy (non-hydrogen) atoms. The van der Waals surface area contributed by atoms with E-state index in [1.807, 2.05) is 18.2 Å². The molecule has 1 saturated heterocycles. The van der Waals surface area contributed by atoms with Gasteiger partial charge in [-0.2, -0.15) is 0 Å². The third kappa shape index (κ3) is 1.13. The fourth-order valence-corrected chi connectivity index (χ4v) is 1.77. The maximum atomic E-state index is 5.91. The molecule has 1 aliphatic rings. The van der Waals surface area contributed by atoms with E-state index in [4.69, 9.17) is 16.3 Å². The van der Waals surface area contributed by atoms with E-state index in [9.17, 15) is 0 Å². The Morgan fingerprint density at radius 1 is 1.25 bits per heavy atom. The summed E-state index contributed by atoms with van der Waals surface area (Å²) >= 11 is 5.91. The highest BCUT2D eigenvalue weighted by molar-refractivity contribution is 6.18. The number of hydrogen-bond donors (Lipinski definition) is 0. The second-order valence-electron chi connectivity index (χ2n) is 3.27. The maximum Gasteiger partial charge on any atom is 0.0597 e. The molecule has 1 fully saturated rings. The predicted octanol–water partition coefficient (Wildman–Crippen LogP) is 2.19. The zero-order chi connectivity index (χ0) is 8.44. The first-order valence-corrected chi connectivity index (χ1v) is 4.60. The largest absolute Gasteiger partial charge is 0.379 e. The molecule has 1 aromatic carbocycles.